The fraction of sp³-hybridized carbons (Fsp3) is 0.647. The normalized spacial score (nSPS) is 30.3. The molecule has 1 saturated heterocycles. The Bertz CT molecular complexity index is 452. The zero-order valence-corrected chi connectivity index (χ0v) is 12.4. The number of hydrogen-bond acceptors (Lipinski definition) is 2. The van der Waals surface area contributed by atoms with Gasteiger partial charge < -0.3 is 10.2 Å². The molecule has 1 aliphatic carbocycles. The van der Waals surface area contributed by atoms with E-state index in [9.17, 15) is 0 Å². The maximum Gasteiger partial charge on any atom is 0.0380 e. The van der Waals surface area contributed by atoms with Crippen LogP contribution in [0, 0.1) is 5.41 Å². The highest BCUT2D eigenvalue weighted by Gasteiger charge is 2.39. The number of fused-ring (bicyclic) bond motifs is 1. The van der Waals surface area contributed by atoms with Crippen LogP contribution in [0.4, 0.5) is 0 Å². The summed E-state index contributed by atoms with van der Waals surface area (Å²) in [5.74, 6) is 0. The maximum atomic E-state index is 3.95. The van der Waals surface area contributed by atoms with Crippen molar-refractivity contribution in [2.24, 2.45) is 5.41 Å². The highest BCUT2D eigenvalue weighted by Crippen LogP contribution is 2.45. The van der Waals surface area contributed by atoms with E-state index < -0.39 is 0 Å². The van der Waals surface area contributed by atoms with Crippen LogP contribution >= 0.6 is 0 Å². The Kier molecular flexibility index (Phi) is 3.40. The van der Waals surface area contributed by atoms with Crippen LogP contribution in [0.3, 0.4) is 0 Å². The van der Waals surface area contributed by atoms with Gasteiger partial charge in [0.2, 0.25) is 0 Å². The Morgan fingerprint density at radius 2 is 2.05 bits per heavy atom. The monoisotopic (exact) mass is 258 g/mol. The molecule has 104 valence electrons. The van der Waals surface area contributed by atoms with E-state index in [-0.39, 0.29) is 0 Å². The lowest BCUT2D eigenvalue weighted by Crippen LogP contribution is -2.47. The predicted octanol–water partition coefficient (Wildman–Crippen LogP) is 2.99. The molecule has 1 aromatic rings. The van der Waals surface area contributed by atoms with Crippen molar-refractivity contribution in [3.05, 3.63) is 35.4 Å². The van der Waals surface area contributed by atoms with Crippen LogP contribution in [0.1, 0.15) is 43.9 Å². The van der Waals surface area contributed by atoms with Gasteiger partial charge in [0, 0.05) is 18.6 Å². The minimum absolute atomic E-state index is 0.333. The van der Waals surface area contributed by atoms with Gasteiger partial charge in [-0.05, 0) is 49.4 Å². The fourth-order valence-electron chi connectivity index (χ4n) is 3.84. The van der Waals surface area contributed by atoms with Crippen molar-refractivity contribution in [1.82, 2.24) is 10.2 Å². The highest BCUT2D eigenvalue weighted by molar-refractivity contribution is 5.37. The van der Waals surface area contributed by atoms with Crippen molar-refractivity contribution < 1.29 is 0 Å². The quantitative estimate of drug-likeness (QED) is 0.877. The zero-order valence-electron chi connectivity index (χ0n) is 12.4. The molecular weight excluding hydrogens is 232 g/mol. The first-order valence-electron chi connectivity index (χ1n) is 7.59. The van der Waals surface area contributed by atoms with Gasteiger partial charge >= 0.3 is 0 Å². The van der Waals surface area contributed by atoms with Crippen LogP contribution in [0.2, 0.25) is 0 Å². The van der Waals surface area contributed by atoms with Crippen LogP contribution in [0.5, 0.6) is 0 Å². The molecule has 1 aliphatic heterocycles. The van der Waals surface area contributed by atoms with E-state index in [4.69, 9.17) is 0 Å². The molecule has 19 heavy (non-hydrogen) atoms. The molecule has 1 N–H and O–H groups in total. The smallest absolute Gasteiger partial charge is 0.0380 e. The van der Waals surface area contributed by atoms with Gasteiger partial charge in [-0.15, -0.1) is 0 Å². The van der Waals surface area contributed by atoms with Crippen molar-refractivity contribution in [3.8, 4) is 0 Å². The molecule has 0 radical (unpaired) electrons. The minimum Gasteiger partial charge on any atom is -0.305 e. The molecule has 2 nitrogen and oxygen atoms in total. The van der Waals surface area contributed by atoms with Crippen molar-refractivity contribution >= 4 is 0 Å². The first-order chi connectivity index (χ1) is 9.06. The van der Waals surface area contributed by atoms with Crippen LogP contribution in [0.25, 0.3) is 0 Å². The summed E-state index contributed by atoms with van der Waals surface area (Å²) in [4.78, 5) is 2.45. The lowest BCUT2D eigenvalue weighted by molar-refractivity contribution is 0.180. The second-order valence-electron chi connectivity index (χ2n) is 7.07. The zero-order chi connectivity index (χ0) is 13.5. The van der Waals surface area contributed by atoms with Gasteiger partial charge in [-0.3, -0.25) is 0 Å². The molecule has 0 aromatic heterocycles. The molecule has 2 unspecified atom stereocenters. The summed E-state index contributed by atoms with van der Waals surface area (Å²) in [5, 5.41) is 3.95. The van der Waals surface area contributed by atoms with Gasteiger partial charge in [0.25, 0.3) is 0 Å². The van der Waals surface area contributed by atoms with Gasteiger partial charge in [-0.25, -0.2) is 0 Å². The number of likely N-dealkylation sites (tertiary alicyclic amines) is 1. The van der Waals surface area contributed by atoms with Crippen molar-refractivity contribution in [2.45, 2.75) is 45.2 Å². The number of nitrogens with zero attached hydrogens (tertiary/aromatic N) is 1. The largest absolute Gasteiger partial charge is 0.305 e. The third-order valence-corrected chi connectivity index (χ3v) is 4.82. The standard InChI is InChI=1S/C17H26N2/c1-17(2)11-13-7-4-5-9-15(13)16(17)18-14-8-6-10-19(3)12-14/h4-5,7,9,14,16,18H,6,8,10-12H2,1-3H3. The van der Waals surface area contributed by atoms with E-state index in [0.29, 0.717) is 17.5 Å². The summed E-state index contributed by atoms with van der Waals surface area (Å²) in [6.07, 6.45) is 3.84. The average Bonchev–Trinajstić information content (AvgIpc) is 2.61. The van der Waals surface area contributed by atoms with E-state index in [0.717, 1.165) is 0 Å². The number of likely N-dealkylation sites (N-methyl/N-ethyl adjacent to an activating group) is 1. The molecular formula is C17H26N2. The molecule has 0 bridgehead atoms. The minimum atomic E-state index is 0.333. The van der Waals surface area contributed by atoms with Gasteiger partial charge in [0.05, 0.1) is 0 Å². The number of rotatable bonds is 2. The van der Waals surface area contributed by atoms with E-state index in [1.54, 1.807) is 0 Å². The average molecular weight is 258 g/mol. The van der Waals surface area contributed by atoms with Crippen molar-refractivity contribution in [1.29, 1.82) is 0 Å². The lowest BCUT2D eigenvalue weighted by atomic mass is 9.84. The number of hydrogen-bond donors (Lipinski definition) is 1. The molecule has 2 atom stereocenters. The van der Waals surface area contributed by atoms with E-state index >= 15 is 0 Å². The Hall–Kier alpha value is -0.860. The molecule has 1 fully saturated rings. The molecule has 1 aromatic carbocycles. The number of piperidine rings is 1. The summed E-state index contributed by atoms with van der Waals surface area (Å²) >= 11 is 0. The summed E-state index contributed by atoms with van der Waals surface area (Å²) in [6.45, 7) is 7.24. The van der Waals surface area contributed by atoms with E-state index in [2.05, 4.69) is 55.4 Å². The molecule has 0 amide bonds. The van der Waals surface area contributed by atoms with Crippen LogP contribution < -0.4 is 5.32 Å². The maximum absolute atomic E-state index is 3.95. The third-order valence-electron chi connectivity index (χ3n) is 4.82. The first-order valence-corrected chi connectivity index (χ1v) is 7.59. The van der Waals surface area contributed by atoms with Gasteiger partial charge in [-0.1, -0.05) is 38.1 Å². The second kappa shape index (κ2) is 4.92. The highest BCUT2D eigenvalue weighted by atomic mass is 15.1. The van der Waals surface area contributed by atoms with Gasteiger partial charge in [-0.2, -0.15) is 0 Å². The van der Waals surface area contributed by atoms with E-state index in [1.165, 1.54) is 43.5 Å². The molecule has 2 heteroatoms. The summed E-state index contributed by atoms with van der Waals surface area (Å²) in [6, 6.07) is 10.1. The number of benzene rings is 1. The Labute approximate surface area is 117 Å². The molecule has 3 rings (SSSR count). The van der Waals surface area contributed by atoms with Gasteiger partial charge in [0.1, 0.15) is 0 Å². The molecule has 1 heterocycles. The molecule has 2 aliphatic rings. The summed E-state index contributed by atoms with van der Waals surface area (Å²) in [7, 11) is 2.24. The number of nitrogens with one attached hydrogen (secondary N) is 1. The predicted molar refractivity (Wildman–Crippen MR) is 80.3 cm³/mol. The first kappa shape index (κ1) is 13.1. The summed E-state index contributed by atoms with van der Waals surface area (Å²) < 4.78 is 0. The lowest BCUT2D eigenvalue weighted by Gasteiger charge is -2.37. The van der Waals surface area contributed by atoms with E-state index in [1.807, 2.05) is 0 Å². The fourth-order valence-corrected chi connectivity index (χ4v) is 3.84. The Morgan fingerprint density at radius 3 is 2.84 bits per heavy atom. The second-order valence-corrected chi connectivity index (χ2v) is 7.07. The third kappa shape index (κ3) is 2.56. The Morgan fingerprint density at radius 1 is 1.26 bits per heavy atom. The van der Waals surface area contributed by atoms with Crippen molar-refractivity contribution in [3.63, 3.8) is 0 Å². The Balaban J connectivity index is 1.79. The van der Waals surface area contributed by atoms with Gasteiger partial charge in [0.15, 0.2) is 0 Å². The molecule has 0 spiro atoms. The van der Waals surface area contributed by atoms with Crippen LogP contribution in [0.15, 0.2) is 24.3 Å². The SMILES string of the molecule is CN1CCCC(NC2c3ccccc3CC2(C)C)C1. The van der Waals surface area contributed by atoms with Crippen LogP contribution in [-0.2, 0) is 6.42 Å². The molecule has 0 saturated carbocycles. The van der Waals surface area contributed by atoms with Crippen LogP contribution in [-0.4, -0.2) is 31.1 Å². The summed E-state index contributed by atoms with van der Waals surface area (Å²) in [5.41, 5.74) is 3.40. The van der Waals surface area contributed by atoms with Crippen molar-refractivity contribution in [2.75, 3.05) is 20.1 Å². The topological polar surface area (TPSA) is 15.3 Å².